The van der Waals surface area contributed by atoms with Crippen molar-refractivity contribution in [3.63, 3.8) is 0 Å². The predicted molar refractivity (Wildman–Crippen MR) is 101 cm³/mol. The molecule has 0 bridgehead atoms. The first-order valence-corrected chi connectivity index (χ1v) is 9.20. The summed E-state index contributed by atoms with van der Waals surface area (Å²) in [5.74, 6) is -0.725. The van der Waals surface area contributed by atoms with E-state index in [2.05, 4.69) is 10.4 Å². The quantitative estimate of drug-likeness (QED) is 0.877. The average Bonchev–Trinajstić information content (AvgIpc) is 2.94. The minimum atomic E-state index is -0.591. The number of hydrogen-bond acceptors (Lipinski definition) is 4. The molecule has 1 aromatic heterocycles. The molecule has 0 saturated heterocycles. The van der Waals surface area contributed by atoms with Crippen LogP contribution in [-0.2, 0) is 31.3 Å². The van der Waals surface area contributed by atoms with E-state index in [1.807, 2.05) is 20.8 Å². The third-order valence-electron chi connectivity index (χ3n) is 4.46. The second kappa shape index (κ2) is 7.61. The first-order chi connectivity index (χ1) is 13.2. The number of ether oxygens (including phenoxy) is 1. The largest absolute Gasteiger partial charge is 0.444 e. The van der Waals surface area contributed by atoms with Crippen LogP contribution in [0.1, 0.15) is 48.1 Å². The summed E-state index contributed by atoms with van der Waals surface area (Å²) < 4.78 is 20.7. The van der Waals surface area contributed by atoms with Crippen LogP contribution in [0.15, 0.2) is 24.3 Å². The lowest BCUT2D eigenvalue weighted by Gasteiger charge is -2.29. The molecule has 0 atom stereocenters. The van der Waals surface area contributed by atoms with Gasteiger partial charge in [0.25, 0.3) is 5.91 Å². The number of rotatable bonds is 3. The molecule has 7 nitrogen and oxygen atoms in total. The van der Waals surface area contributed by atoms with Gasteiger partial charge in [-0.1, -0.05) is 18.2 Å². The number of carbonyl (C=O) groups excluding carboxylic acids is 2. The molecule has 1 aromatic carbocycles. The molecule has 0 aliphatic carbocycles. The van der Waals surface area contributed by atoms with E-state index >= 15 is 0 Å². The summed E-state index contributed by atoms with van der Waals surface area (Å²) in [6, 6.07) is 6.29. The Balaban J connectivity index is 1.75. The molecule has 2 amide bonds. The van der Waals surface area contributed by atoms with E-state index in [4.69, 9.17) is 4.74 Å². The Morgan fingerprint density at radius 3 is 2.68 bits per heavy atom. The normalized spacial score (nSPS) is 13.8. The van der Waals surface area contributed by atoms with Crippen LogP contribution in [0.2, 0.25) is 0 Å². The third kappa shape index (κ3) is 4.32. The highest BCUT2D eigenvalue weighted by Crippen LogP contribution is 2.23. The van der Waals surface area contributed by atoms with Gasteiger partial charge in [-0.15, -0.1) is 0 Å². The van der Waals surface area contributed by atoms with Crippen molar-refractivity contribution < 1.29 is 18.7 Å². The van der Waals surface area contributed by atoms with Crippen molar-refractivity contribution in [2.45, 2.75) is 45.9 Å². The van der Waals surface area contributed by atoms with Crippen LogP contribution in [0.25, 0.3) is 0 Å². The van der Waals surface area contributed by atoms with Gasteiger partial charge in [-0.2, -0.15) is 5.10 Å². The fourth-order valence-electron chi connectivity index (χ4n) is 3.17. The molecule has 2 aromatic rings. The SMILES string of the molecule is Cn1nc2c(c1C(=O)NCc1ccccc1F)CN(C(=O)OC(C)(C)C)CC2. The van der Waals surface area contributed by atoms with E-state index in [9.17, 15) is 14.0 Å². The lowest BCUT2D eigenvalue weighted by atomic mass is 10.1. The number of carbonyl (C=O) groups is 2. The molecule has 0 spiro atoms. The Bertz CT molecular complexity index is 901. The number of nitrogens with one attached hydrogen (secondary N) is 1. The van der Waals surface area contributed by atoms with Crippen LogP contribution < -0.4 is 5.32 Å². The highest BCUT2D eigenvalue weighted by Gasteiger charge is 2.31. The van der Waals surface area contributed by atoms with Gasteiger partial charge in [0, 0.05) is 37.7 Å². The lowest BCUT2D eigenvalue weighted by Crippen LogP contribution is -2.40. The molecule has 3 rings (SSSR count). The highest BCUT2D eigenvalue weighted by molar-refractivity contribution is 5.94. The van der Waals surface area contributed by atoms with Gasteiger partial charge in [0.15, 0.2) is 0 Å². The van der Waals surface area contributed by atoms with Gasteiger partial charge < -0.3 is 15.0 Å². The molecule has 0 fully saturated rings. The maximum absolute atomic E-state index is 13.8. The van der Waals surface area contributed by atoms with Gasteiger partial charge in [-0.25, -0.2) is 9.18 Å². The minimum absolute atomic E-state index is 0.0707. The average molecular weight is 388 g/mol. The number of benzene rings is 1. The van der Waals surface area contributed by atoms with Crippen molar-refractivity contribution in [1.29, 1.82) is 0 Å². The van der Waals surface area contributed by atoms with Crippen LogP contribution in [0.5, 0.6) is 0 Å². The zero-order valence-corrected chi connectivity index (χ0v) is 16.6. The molecule has 1 aliphatic heterocycles. The van der Waals surface area contributed by atoms with Crippen LogP contribution in [-0.4, -0.2) is 38.8 Å². The summed E-state index contributed by atoms with van der Waals surface area (Å²) in [7, 11) is 1.69. The first-order valence-electron chi connectivity index (χ1n) is 9.20. The molecule has 28 heavy (non-hydrogen) atoms. The molecule has 0 radical (unpaired) electrons. The molecule has 150 valence electrons. The number of aryl methyl sites for hydroxylation is 1. The van der Waals surface area contributed by atoms with E-state index in [0.717, 1.165) is 5.69 Å². The minimum Gasteiger partial charge on any atom is -0.444 e. The second-order valence-electron chi connectivity index (χ2n) is 7.82. The number of halogens is 1. The zero-order valence-electron chi connectivity index (χ0n) is 16.6. The Labute approximate surface area is 163 Å². The zero-order chi connectivity index (χ0) is 20.5. The summed E-state index contributed by atoms with van der Waals surface area (Å²) in [6.45, 7) is 6.24. The molecule has 0 saturated carbocycles. The first kappa shape index (κ1) is 19.9. The Morgan fingerprint density at radius 2 is 2.00 bits per heavy atom. The van der Waals surface area contributed by atoms with Gasteiger partial charge in [0.2, 0.25) is 0 Å². The molecule has 0 unspecified atom stereocenters. The number of amides is 2. The summed E-state index contributed by atoms with van der Waals surface area (Å²) in [4.78, 5) is 26.7. The topological polar surface area (TPSA) is 76.5 Å². The highest BCUT2D eigenvalue weighted by atomic mass is 19.1. The summed E-state index contributed by atoms with van der Waals surface area (Å²) in [5, 5.41) is 7.16. The van der Waals surface area contributed by atoms with Gasteiger partial charge in [-0.3, -0.25) is 9.48 Å². The van der Waals surface area contributed by atoms with Crippen molar-refractivity contribution in [3.8, 4) is 0 Å². The smallest absolute Gasteiger partial charge is 0.410 e. The summed E-state index contributed by atoms with van der Waals surface area (Å²) in [6.07, 6.45) is 0.128. The van der Waals surface area contributed by atoms with Crippen LogP contribution in [0.3, 0.4) is 0 Å². The molecule has 1 aliphatic rings. The van der Waals surface area contributed by atoms with Gasteiger partial charge in [0.05, 0.1) is 12.2 Å². The maximum Gasteiger partial charge on any atom is 0.410 e. The summed E-state index contributed by atoms with van der Waals surface area (Å²) >= 11 is 0. The van der Waals surface area contributed by atoms with Crippen molar-refractivity contribution in [3.05, 3.63) is 52.6 Å². The fourth-order valence-corrected chi connectivity index (χ4v) is 3.17. The second-order valence-corrected chi connectivity index (χ2v) is 7.82. The number of fused-ring (bicyclic) bond motifs is 1. The van der Waals surface area contributed by atoms with Crippen LogP contribution in [0, 0.1) is 5.82 Å². The van der Waals surface area contributed by atoms with Crippen molar-refractivity contribution >= 4 is 12.0 Å². The lowest BCUT2D eigenvalue weighted by molar-refractivity contribution is 0.0222. The molecule has 2 heterocycles. The number of nitrogens with zero attached hydrogens (tertiary/aromatic N) is 3. The van der Waals surface area contributed by atoms with Gasteiger partial charge in [-0.05, 0) is 26.8 Å². The van der Waals surface area contributed by atoms with Gasteiger partial charge in [0.1, 0.15) is 17.1 Å². The predicted octanol–water partition coefficient (Wildman–Crippen LogP) is 2.78. The van der Waals surface area contributed by atoms with E-state index in [1.165, 1.54) is 10.7 Å². The Morgan fingerprint density at radius 1 is 1.29 bits per heavy atom. The Hall–Kier alpha value is -2.90. The molecular weight excluding hydrogens is 363 g/mol. The fraction of sp³-hybridized carbons (Fsp3) is 0.450. The van der Waals surface area contributed by atoms with Crippen molar-refractivity contribution in [2.24, 2.45) is 7.05 Å². The monoisotopic (exact) mass is 388 g/mol. The number of hydrogen-bond donors (Lipinski definition) is 1. The van der Waals surface area contributed by atoms with Crippen LogP contribution >= 0.6 is 0 Å². The Kier molecular flexibility index (Phi) is 5.40. The standard InChI is InChI=1S/C20H25FN4O3/c1-20(2,3)28-19(27)25-10-9-16-14(12-25)17(24(4)23-16)18(26)22-11-13-7-5-6-8-15(13)21/h5-8H,9-12H2,1-4H3,(H,22,26). The van der Waals surface area contributed by atoms with Crippen molar-refractivity contribution in [2.75, 3.05) is 6.54 Å². The van der Waals surface area contributed by atoms with Gasteiger partial charge >= 0.3 is 6.09 Å². The molecule has 1 N–H and O–H groups in total. The summed E-state index contributed by atoms with van der Waals surface area (Å²) in [5.41, 5.74) is 1.68. The van der Waals surface area contributed by atoms with E-state index < -0.39 is 11.7 Å². The van der Waals surface area contributed by atoms with E-state index in [1.54, 1.807) is 30.1 Å². The van der Waals surface area contributed by atoms with E-state index in [0.29, 0.717) is 29.8 Å². The molecular formula is C20H25FN4O3. The number of aromatic nitrogens is 2. The maximum atomic E-state index is 13.8. The van der Waals surface area contributed by atoms with E-state index in [-0.39, 0.29) is 24.8 Å². The molecule has 8 heteroatoms. The third-order valence-corrected chi connectivity index (χ3v) is 4.46. The van der Waals surface area contributed by atoms with Crippen molar-refractivity contribution in [1.82, 2.24) is 20.0 Å². The van der Waals surface area contributed by atoms with Crippen LogP contribution in [0.4, 0.5) is 9.18 Å².